The van der Waals surface area contributed by atoms with Crippen LogP contribution in [0.4, 0.5) is 21.5 Å². The number of hydrogen-bond acceptors (Lipinski definition) is 9. The number of aromatic nitrogens is 3. The molecule has 1 heterocycles. The molecular formula is C25H21FN6O7. The first-order valence-electron chi connectivity index (χ1n) is 11.5. The highest BCUT2D eigenvalue weighted by Crippen LogP contribution is 2.27. The second-order valence-electron chi connectivity index (χ2n) is 7.91. The zero-order chi connectivity index (χ0) is 27.9. The van der Waals surface area contributed by atoms with Gasteiger partial charge in [0.1, 0.15) is 12.4 Å². The summed E-state index contributed by atoms with van der Waals surface area (Å²) < 4.78 is 26.8. The number of nitrogens with one attached hydrogen (secondary N) is 1. The fourth-order valence-electron chi connectivity index (χ4n) is 3.51. The number of nitro benzene ring substituents is 2. The lowest BCUT2D eigenvalue weighted by Crippen LogP contribution is -2.13. The van der Waals surface area contributed by atoms with Gasteiger partial charge in [-0.2, -0.15) is 4.98 Å². The topological polar surface area (TPSA) is 165 Å². The zero-order valence-corrected chi connectivity index (χ0v) is 20.4. The van der Waals surface area contributed by atoms with E-state index in [0.29, 0.717) is 24.6 Å². The molecule has 0 aliphatic heterocycles. The molecule has 0 aliphatic rings. The summed E-state index contributed by atoms with van der Waals surface area (Å²) in [6.45, 7) is 2.88. The van der Waals surface area contributed by atoms with E-state index in [9.17, 15) is 29.4 Å². The van der Waals surface area contributed by atoms with Gasteiger partial charge in [-0.05, 0) is 43.3 Å². The monoisotopic (exact) mass is 536 g/mol. The maximum Gasteiger partial charge on any atom is 0.336 e. The molecule has 0 saturated heterocycles. The molecule has 4 rings (SSSR count). The summed E-state index contributed by atoms with van der Waals surface area (Å²) >= 11 is 0. The third kappa shape index (κ3) is 6.37. The molecule has 1 aromatic heterocycles. The Balaban J connectivity index is 1.60. The molecule has 0 atom stereocenters. The van der Waals surface area contributed by atoms with Gasteiger partial charge in [-0.1, -0.05) is 12.1 Å². The summed E-state index contributed by atoms with van der Waals surface area (Å²) in [5.41, 5.74) is -0.490. The first kappa shape index (κ1) is 26.8. The molecule has 1 amide bonds. The van der Waals surface area contributed by atoms with E-state index in [0.717, 1.165) is 18.2 Å². The molecular weight excluding hydrogens is 515 g/mol. The second kappa shape index (κ2) is 11.9. The smallest absolute Gasteiger partial charge is 0.336 e. The highest BCUT2D eigenvalue weighted by Gasteiger charge is 2.21. The van der Waals surface area contributed by atoms with Gasteiger partial charge in [0.2, 0.25) is 0 Å². The number of non-ortho nitro benzene ring substituents is 2. The van der Waals surface area contributed by atoms with Gasteiger partial charge in [0.25, 0.3) is 17.3 Å². The fourth-order valence-corrected chi connectivity index (χ4v) is 3.51. The van der Waals surface area contributed by atoms with Crippen LogP contribution in [0.3, 0.4) is 0 Å². The van der Waals surface area contributed by atoms with E-state index in [1.165, 1.54) is 22.9 Å². The first-order valence-corrected chi connectivity index (χ1v) is 11.5. The summed E-state index contributed by atoms with van der Waals surface area (Å²) in [4.78, 5) is 37.6. The maximum absolute atomic E-state index is 14.6. The van der Waals surface area contributed by atoms with Crippen molar-refractivity contribution >= 4 is 23.0 Å². The number of nitro groups is 2. The predicted octanol–water partition coefficient (Wildman–Crippen LogP) is 4.56. The number of anilines is 1. The molecule has 13 nitrogen and oxygen atoms in total. The summed E-state index contributed by atoms with van der Waals surface area (Å²) in [7, 11) is 0. The van der Waals surface area contributed by atoms with Crippen LogP contribution in [0, 0.1) is 26.0 Å². The van der Waals surface area contributed by atoms with Gasteiger partial charge in [-0.3, -0.25) is 25.0 Å². The molecule has 0 fully saturated rings. The summed E-state index contributed by atoms with van der Waals surface area (Å²) in [6, 6.07) is 14.9. The van der Waals surface area contributed by atoms with Gasteiger partial charge in [0.05, 0.1) is 39.3 Å². The van der Waals surface area contributed by atoms with Gasteiger partial charge in [-0.25, -0.2) is 9.07 Å². The number of hydrogen-bond donors (Lipinski definition) is 1. The van der Waals surface area contributed by atoms with E-state index in [-0.39, 0.29) is 29.6 Å². The molecule has 0 radical (unpaired) electrons. The molecule has 200 valence electrons. The standard InChI is InChI=1S/C25H21FN6O7/c1-2-38-11-12-39-25-28-23(21-5-3-4-6-22(21)26)30(29-25)18-9-7-17(8-10-18)27-24(33)16-13-19(31(34)35)15-20(14-16)32(36)37/h3-10,13-15H,2,11-12H2,1H3,(H,27,33). The molecule has 3 aromatic carbocycles. The van der Waals surface area contributed by atoms with Crippen molar-refractivity contribution in [2.45, 2.75) is 6.92 Å². The molecule has 1 N–H and O–H groups in total. The van der Waals surface area contributed by atoms with Crippen LogP contribution in [0.25, 0.3) is 17.1 Å². The Bertz CT molecular complexity index is 1490. The van der Waals surface area contributed by atoms with Crippen molar-refractivity contribution in [1.29, 1.82) is 0 Å². The van der Waals surface area contributed by atoms with Crippen LogP contribution in [0.1, 0.15) is 17.3 Å². The Morgan fingerprint density at radius 2 is 1.67 bits per heavy atom. The van der Waals surface area contributed by atoms with Crippen molar-refractivity contribution in [3.05, 3.63) is 98.3 Å². The average Bonchev–Trinajstić information content (AvgIpc) is 3.35. The highest BCUT2D eigenvalue weighted by atomic mass is 19.1. The molecule has 39 heavy (non-hydrogen) atoms. The summed E-state index contributed by atoms with van der Waals surface area (Å²) in [6.07, 6.45) is 0. The van der Waals surface area contributed by atoms with Crippen LogP contribution >= 0.6 is 0 Å². The molecule has 4 aromatic rings. The Kier molecular flexibility index (Phi) is 8.16. The van der Waals surface area contributed by atoms with Crippen LogP contribution in [0.5, 0.6) is 6.01 Å². The normalized spacial score (nSPS) is 10.7. The Morgan fingerprint density at radius 3 is 2.28 bits per heavy atom. The molecule has 0 unspecified atom stereocenters. The molecule has 0 bridgehead atoms. The quantitative estimate of drug-likeness (QED) is 0.164. The van der Waals surface area contributed by atoms with Gasteiger partial charge in [0.15, 0.2) is 5.82 Å². The molecule has 0 spiro atoms. The van der Waals surface area contributed by atoms with Gasteiger partial charge < -0.3 is 14.8 Å². The Hall–Kier alpha value is -5.24. The summed E-state index contributed by atoms with van der Waals surface area (Å²) in [5.74, 6) is -1.12. The van der Waals surface area contributed by atoms with E-state index in [1.54, 1.807) is 30.3 Å². The predicted molar refractivity (Wildman–Crippen MR) is 136 cm³/mol. The van der Waals surface area contributed by atoms with E-state index in [4.69, 9.17) is 9.47 Å². The van der Waals surface area contributed by atoms with Gasteiger partial charge in [0, 0.05) is 24.4 Å². The van der Waals surface area contributed by atoms with E-state index < -0.39 is 32.9 Å². The number of ether oxygens (including phenoxy) is 2. The van der Waals surface area contributed by atoms with Gasteiger partial charge in [-0.15, -0.1) is 5.10 Å². The van der Waals surface area contributed by atoms with E-state index >= 15 is 0 Å². The van der Waals surface area contributed by atoms with Crippen molar-refractivity contribution in [1.82, 2.24) is 14.8 Å². The van der Waals surface area contributed by atoms with Crippen molar-refractivity contribution in [3.63, 3.8) is 0 Å². The van der Waals surface area contributed by atoms with E-state index in [1.807, 2.05) is 6.92 Å². The largest absolute Gasteiger partial charge is 0.460 e. The number of halogens is 1. The van der Waals surface area contributed by atoms with Crippen LogP contribution in [0.2, 0.25) is 0 Å². The number of nitrogens with zero attached hydrogens (tertiary/aromatic N) is 5. The van der Waals surface area contributed by atoms with Crippen LogP contribution in [0.15, 0.2) is 66.7 Å². The minimum absolute atomic E-state index is 0.0117. The van der Waals surface area contributed by atoms with Crippen LogP contribution < -0.4 is 10.1 Å². The van der Waals surface area contributed by atoms with Crippen molar-refractivity contribution in [2.24, 2.45) is 0 Å². The lowest BCUT2D eigenvalue weighted by molar-refractivity contribution is -0.394. The van der Waals surface area contributed by atoms with Gasteiger partial charge >= 0.3 is 6.01 Å². The van der Waals surface area contributed by atoms with E-state index in [2.05, 4.69) is 15.4 Å². The second-order valence-corrected chi connectivity index (χ2v) is 7.91. The lowest BCUT2D eigenvalue weighted by Gasteiger charge is -2.09. The number of carbonyl (C=O) groups excluding carboxylic acids is 1. The van der Waals surface area contributed by atoms with Crippen molar-refractivity contribution < 1.29 is 28.5 Å². The number of amides is 1. The minimum Gasteiger partial charge on any atom is -0.460 e. The van der Waals surface area contributed by atoms with Crippen molar-refractivity contribution in [2.75, 3.05) is 25.1 Å². The first-order chi connectivity index (χ1) is 18.8. The van der Waals surface area contributed by atoms with Crippen molar-refractivity contribution in [3.8, 4) is 23.1 Å². The Morgan fingerprint density at radius 1 is 1.00 bits per heavy atom. The van der Waals surface area contributed by atoms with Crippen LogP contribution in [-0.4, -0.2) is 50.3 Å². The average molecular weight is 536 g/mol. The highest BCUT2D eigenvalue weighted by molar-refractivity contribution is 6.05. The Labute approximate surface area is 220 Å². The molecule has 0 saturated carbocycles. The van der Waals surface area contributed by atoms with Crippen LogP contribution in [-0.2, 0) is 4.74 Å². The fraction of sp³-hybridized carbons (Fsp3) is 0.160. The lowest BCUT2D eigenvalue weighted by atomic mass is 10.1. The minimum atomic E-state index is -0.821. The third-order valence-corrected chi connectivity index (χ3v) is 5.32. The summed E-state index contributed by atoms with van der Waals surface area (Å²) in [5, 5.41) is 29.1. The number of carbonyl (C=O) groups is 1. The molecule has 0 aliphatic carbocycles. The number of rotatable bonds is 11. The maximum atomic E-state index is 14.6. The zero-order valence-electron chi connectivity index (χ0n) is 20.4. The SMILES string of the molecule is CCOCCOc1nc(-c2ccccc2F)n(-c2ccc(NC(=O)c3cc([N+](=O)[O-])cc([N+](=O)[O-])c3)cc2)n1. The molecule has 14 heteroatoms. The number of benzene rings is 3. The third-order valence-electron chi connectivity index (χ3n) is 5.32.